The Kier molecular flexibility index (Phi) is 8.78. The molecule has 0 fully saturated rings. The molecule has 0 unspecified atom stereocenters. The van der Waals surface area contributed by atoms with Crippen molar-refractivity contribution in [3.63, 3.8) is 0 Å². The van der Waals surface area contributed by atoms with E-state index in [9.17, 15) is 24.5 Å². The van der Waals surface area contributed by atoms with Gasteiger partial charge in [-0.15, -0.1) is 0 Å². The fraction of sp³-hybridized carbons (Fsp3) is 0.0690. The first kappa shape index (κ1) is 28.3. The van der Waals surface area contributed by atoms with Crippen LogP contribution >= 0.6 is 23.2 Å². The average molecular weight is 579 g/mol. The molecule has 4 aromatic carbocycles. The molecule has 0 aliphatic rings. The Labute approximate surface area is 238 Å². The number of carbonyl (C=O) groups excluding carboxylic acids is 3. The molecule has 0 heterocycles. The number of nitro groups is 1. The van der Waals surface area contributed by atoms with E-state index < -0.39 is 34.4 Å². The Morgan fingerprint density at radius 1 is 0.850 bits per heavy atom. The average Bonchev–Trinajstić information content (AvgIpc) is 2.96. The largest absolute Gasteiger partial charge is 0.495 e. The number of benzene rings is 4. The Morgan fingerprint density at radius 3 is 2.17 bits per heavy atom. The highest BCUT2D eigenvalue weighted by atomic mass is 35.5. The number of nitro benzene ring substituents is 1. The third-order valence-electron chi connectivity index (χ3n) is 5.78. The van der Waals surface area contributed by atoms with Crippen LogP contribution in [0.25, 0.3) is 0 Å². The first-order valence-corrected chi connectivity index (χ1v) is 12.4. The van der Waals surface area contributed by atoms with E-state index in [0.717, 1.165) is 6.07 Å². The minimum Gasteiger partial charge on any atom is -0.495 e. The van der Waals surface area contributed by atoms with E-state index in [1.165, 1.54) is 49.6 Å². The SMILES string of the molecule is COc1ccc(NC(=O)[C@H](OC(=O)c2ccccc2C(=O)c2ccc(Cl)c([N+](=O)[O-])c2)c2ccccc2)cc1Cl. The summed E-state index contributed by atoms with van der Waals surface area (Å²) in [5.41, 5.74) is 0.0134. The van der Waals surface area contributed by atoms with Gasteiger partial charge in [0.1, 0.15) is 10.8 Å². The van der Waals surface area contributed by atoms with Crippen molar-refractivity contribution in [2.24, 2.45) is 0 Å². The molecule has 9 nitrogen and oxygen atoms in total. The van der Waals surface area contributed by atoms with Gasteiger partial charge in [-0.2, -0.15) is 0 Å². The molecule has 4 aromatic rings. The monoisotopic (exact) mass is 578 g/mol. The number of rotatable bonds is 9. The number of carbonyl (C=O) groups is 3. The zero-order valence-corrected chi connectivity index (χ0v) is 22.3. The Morgan fingerprint density at radius 2 is 1.52 bits per heavy atom. The maximum atomic E-state index is 13.4. The van der Waals surface area contributed by atoms with Gasteiger partial charge in [-0.05, 0) is 36.4 Å². The standard InChI is InChI=1S/C29H20Cl2N2O7/c1-39-25-14-12-19(16-23(25)31)32-28(35)27(17-7-3-2-4-8-17)40-29(36)21-10-6-5-9-20(21)26(34)18-11-13-22(30)24(15-18)33(37)38/h2-16,27H,1H3,(H,32,35)/t27-/m1/s1. The minimum absolute atomic E-state index is 0.0508. The van der Waals surface area contributed by atoms with E-state index >= 15 is 0 Å². The summed E-state index contributed by atoms with van der Waals surface area (Å²) in [6, 6.07) is 22.3. The van der Waals surface area contributed by atoms with Gasteiger partial charge in [0, 0.05) is 28.4 Å². The van der Waals surface area contributed by atoms with Crippen LogP contribution in [0.4, 0.5) is 11.4 Å². The Bertz CT molecular complexity index is 1610. The molecule has 11 heteroatoms. The molecule has 202 valence electrons. The lowest BCUT2D eigenvalue weighted by molar-refractivity contribution is -0.384. The maximum Gasteiger partial charge on any atom is 0.340 e. The molecule has 0 aromatic heterocycles. The smallest absolute Gasteiger partial charge is 0.340 e. The van der Waals surface area contributed by atoms with Gasteiger partial charge in [0.15, 0.2) is 5.78 Å². The molecule has 0 bridgehead atoms. The van der Waals surface area contributed by atoms with E-state index in [2.05, 4.69) is 5.32 Å². The fourth-order valence-electron chi connectivity index (χ4n) is 3.83. The predicted octanol–water partition coefficient (Wildman–Crippen LogP) is 6.68. The number of nitrogens with zero attached hydrogens (tertiary/aromatic N) is 1. The molecule has 40 heavy (non-hydrogen) atoms. The van der Waals surface area contributed by atoms with Crippen molar-refractivity contribution < 1.29 is 28.8 Å². The zero-order chi connectivity index (χ0) is 28.8. The van der Waals surface area contributed by atoms with Crippen LogP contribution in [0.15, 0.2) is 91.0 Å². The second kappa shape index (κ2) is 12.4. The highest BCUT2D eigenvalue weighted by Gasteiger charge is 2.29. The van der Waals surface area contributed by atoms with E-state index in [1.54, 1.807) is 42.5 Å². The van der Waals surface area contributed by atoms with Crippen molar-refractivity contribution in [3.05, 3.63) is 133 Å². The van der Waals surface area contributed by atoms with Crippen molar-refractivity contribution in [3.8, 4) is 5.75 Å². The number of methoxy groups -OCH3 is 1. The maximum absolute atomic E-state index is 13.4. The number of hydrogen-bond donors (Lipinski definition) is 1. The molecule has 4 rings (SSSR count). The van der Waals surface area contributed by atoms with E-state index in [1.807, 2.05) is 0 Å². The first-order chi connectivity index (χ1) is 19.2. The third-order valence-corrected chi connectivity index (χ3v) is 6.40. The summed E-state index contributed by atoms with van der Waals surface area (Å²) in [7, 11) is 1.46. The number of nitrogens with one attached hydrogen (secondary N) is 1. The van der Waals surface area contributed by atoms with Crippen LogP contribution in [0.5, 0.6) is 5.75 Å². The van der Waals surface area contributed by atoms with Gasteiger partial charge in [0.2, 0.25) is 6.10 Å². The molecule has 0 aliphatic heterocycles. The highest BCUT2D eigenvalue weighted by molar-refractivity contribution is 6.33. The molecule has 0 radical (unpaired) electrons. The lowest BCUT2D eigenvalue weighted by atomic mass is 9.98. The van der Waals surface area contributed by atoms with Crippen molar-refractivity contribution >= 4 is 52.2 Å². The second-order valence-corrected chi connectivity index (χ2v) is 9.15. The normalized spacial score (nSPS) is 11.3. The van der Waals surface area contributed by atoms with Gasteiger partial charge in [-0.1, -0.05) is 71.7 Å². The van der Waals surface area contributed by atoms with Crippen LogP contribution in [0.1, 0.15) is 37.9 Å². The van der Waals surface area contributed by atoms with Crippen LogP contribution in [0, 0.1) is 10.1 Å². The summed E-state index contributed by atoms with van der Waals surface area (Å²) in [6.45, 7) is 0. The molecule has 0 saturated carbocycles. The van der Waals surface area contributed by atoms with Gasteiger partial charge in [-0.25, -0.2) is 4.79 Å². The number of ketones is 1. The van der Waals surface area contributed by atoms with Crippen molar-refractivity contribution in [1.29, 1.82) is 0 Å². The molecular weight excluding hydrogens is 559 g/mol. The number of amides is 1. The highest BCUT2D eigenvalue weighted by Crippen LogP contribution is 2.30. The van der Waals surface area contributed by atoms with Gasteiger partial charge in [0.25, 0.3) is 11.6 Å². The lowest BCUT2D eigenvalue weighted by Gasteiger charge is -2.19. The summed E-state index contributed by atoms with van der Waals surface area (Å²) in [4.78, 5) is 50.6. The number of ether oxygens (including phenoxy) is 2. The summed E-state index contributed by atoms with van der Waals surface area (Å²) < 4.78 is 10.8. The van der Waals surface area contributed by atoms with E-state index in [0.29, 0.717) is 17.0 Å². The number of halogens is 2. The minimum atomic E-state index is -1.39. The van der Waals surface area contributed by atoms with Crippen molar-refractivity contribution in [2.75, 3.05) is 12.4 Å². The molecule has 1 amide bonds. The van der Waals surface area contributed by atoms with Gasteiger partial charge in [0.05, 0.1) is 22.6 Å². The molecule has 0 spiro atoms. The Balaban J connectivity index is 1.64. The number of anilines is 1. The van der Waals surface area contributed by atoms with Crippen LogP contribution in [-0.2, 0) is 9.53 Å². The van der Waals surface area contributed by atoms with Gasteiger partial charge in [-0.3, -0.25) is 19.7 Å². The van der Waals surface area contributed by atoms with E-state index in [4.69, 9.17) is 32.7 Å². The number of esters is 1. The van der Waals surface area contributed by atoms with Crippen molar-refractivity contribution in [2.45, 2.75) is 6.10 Å². The molecule has 1 atom stereocenters. The number of hydrogen-bond acceptors (Lipinski definition) is 7. The predicted molar refractivity (Wildman–Crippen MR) is 149 cm³/mol. The summed E-state index contributed by atoms with van der Waals surface area (Å²) in [5, 5.41) is 14.1. The van der Waals surface area contributed by atoms with Crippen LogP contribution in [-0.4, -0.2) is 29.7 Å². The lowest BCUT2D eigenvalue weighted by Crippen LogP contribution is -2.26. The van der Waals surface area contributed by atoms with Gasteiger partial charge >= 0.3 is 5.97 Å². The first-order valence-electron chi connectivity index (χ1n) is 11.7. The van der Waals surface area contributed by atoms with Crippen molar-refractivity contribution in [1.82, 2.24) is 0 Å². The summed E-state index contributed by atoms with van der Waals surface area (Å²) in [6.07, 6.45) is -1.39. The van der Waals surface area contributed by atoms with Gasteiger partial charge < -0.3 is 14.8 Å². The third kappa shape index (κ3) is 6.28. The quantitative estimate of drug-likeness (QED) is 0.102. The van der Waals surface area contributed by atoms with Crippen LogP contribution in [0.2, 0.25) is 10.0 Å². The summed E-state index contributed by atoms with van der Waals surface area (Å²) in [5.74, 6) is -1.87. The second-order valence-electron chi connectivity index (χ2n) is 8.33. The molecular formula is C29H20Cl2N2O7. The topological polar surface area (TPSA) is 125 Å². The van der Waals surface area contributed by atoms with Crippen LogP contribution < -0.4 is 10.1 Å². The molecule has 0 aliphatic carbocycles. The van der Waals surface area contributed by atoms with E-state index in [-0.39, 0.29) is 26.7 Å². The van der Waals surface area contributed by atoms with Crippen LogP contribution in [0.3, 0.4) is 0 Å². The summed E-state index contributed by atoms with van der Waals surface area (Å²) >= 11 is 12.0. The fourth-order valence-corrected chi connectivity index (χ4v) is 4.28. The molecule has 1 N–H and O–H groups in total. The zero-order valence-electron chi connectivity index (χ0n) is 20.8. The molecule has 0 saturated heterocycles. The Hall–Kier alpha value is -4.73.